The van der Waals surface area contributed by atoms with Gasteiger partial charge in [0.2, 0.25) is 10.0 Å². The molecule has 0 amide bonds. The molecule has 1 aromatic carbocycles. The largest absolute Gasteiger partial charge is 0.416 e. The zero-order chi connectivity index (χ0) is 22.5. The average molecular weight is 451 g/mol. The summed E-state index contributed by atoms with van der Waals surface area (Å²) in [5.74, 6) is 0. The van der Waals surface area contributed by atoms with E-state index in [4.69, 9.17) is 4.74 Å². The number of rotatable bonds is 9. The third kappa shape index (κ3) is 6.67. The van der Waals surface area contributed by atoms with Gasteiger partial charge in [-0.05, 0) is 83.8 Å². The molecule has 1 atom stereocenters. The van der Waals surface area contributed by atoms with E-state index in [1.165, 1.54) is 11.4 Å². The van der Waals surface area contributed by atoms with Gasteiger partial charge in [-0.1, -0.05) is 0 Å². The molecule has 1 aromatic rings. The molecule has 172 valence electrons. The summed E-state index contributed by atoms with van der Waals surface area (Å²) in [4.78, 5) is 2.06. The Bertz CT molecular complexity index is 759. The predicted octanol–water partition coefficient (Wildman–Crippen LogP) is 4.38. The molecule has 1 fully saturated rings. The number of alkyl halides is 3. The minimum absolute atomic E-state index is 0.119. The Balaban J connectivity index is 1.84. The third-order valence-electron chi connectivity index (χ3n) is 6.02. The van der Waals surface area contributed by atoms with E-state index < -0.39 is 21.8 Å². The number of ether oxygens (including phenoxy) is 1. The van der Waals surface area contributed by atoms with Crippen molar-refractivity contribution < 1.29 is 26.3 Å². The Morgan fingerprint density at radius 1 is 1.07 bits per heavy atom. The van der Waals surface area contributed by atoms with Crippen molar-refractivity contribution in [2.75, 3.05) is 27.7 Å². The molecular formula is C21H33F3N2O3S. The van der Waals surface area contributed by atoms with Crippen LogP contribution in [0.1, 0.15) is 51.0 Å². The van der Waals surface area contributed by atoms with E-state index in [0.29, 0.717) is 25.5 Å². The monoisotopic (exact) mass is 450 g/mol. The first-order chi connectivity index (χ1) is 13.9. The Kier molecular flexibility index (Phi) is 8.73. The number of sulfonamides is 1. The van der Waals surface area contributed by atoms with Crippen LogP contribution < -0.4 is 0 Å². The van der Waals surface area contributed by atoms with Gasteiger partial charge in [-0.15, -0.1) is 0 Å². The summed E-state index contributed by atoms with van der Waals surface area (Å²) < 4.78 is 71.0. The van der Waals surface area contributed by atoms with Crippen LogP contribution in [0.5, 0.6) is 0 Å². The molecule has 2 rings (SSSR count). The van der Waals surface area contributed by atoms with Crippen LogP contribution in [-0.4, -0.2) is 63.6 Å². The van der Waals surface area contributed by atoms with Gasteiger partial charge >= 0.3 is 6.18 Å². The number of halogens is 3. The number of benzene rings is 1. The highest BCUT2D eigenvalue weighted by Crippen LogP contribution is 2.32. The average Bonchev–Trinajstić information content (AvgIpc) is 2.70. The van der Waals surface area contributed by atoms with Gasteiger partial charge < -0.3 is 9.64 Å². The molecule has 0 saturated heterocycles. The van der Waals surface area contributed by atoms with E-state index in [1.54, 1.807) is 0 Å². The molecule has 5 nitrogen and oxygen atoms in total. The summed E-state index contributed by atoms with van der Waals surface area (Å²) in [5.41, 5.74) is -0.860. The predicted molar refractivity (Wildman–Crippen MR) is 111 cm³/mol. The molecule has 0 radical (unpaired) electrons. The molecule has 1 unspecified atom stereocenters. The lowest BCUT2D eigenvalue weighted by Gasteiger charge is -2.34. The summed E-state index contributed by atoms with van der Waals surface area (Å²) in [6.07, 6.45) is 0.610. The second-order valence-corrected chi connectivity index (χ2v) is 10.3. The summed E-state index contributed by atoms with van der Waals surface area (Å²) in [7, 11) is 1.78. The molecule has 0 aliphatic heterocycles. The van der Waals surface area contributed by atoms with Crippen molar-refractivity contribution >= 4 is 10.0 Å². The fraction of sp³-hybridized carbons (Fsp3) is 0.714. The van der Waals surface area contributed by atoms with Crippen molar-refractivity contribution in [2.45, 2.75) is 74.7 Å². The molecule has 0 spiro atoms. The normalized spacial score (nSPS) is 21.9. The van der Waals surface area contributed by atoms with Crippen LogP contribution in [-0.2, 0) is 20.9 Å². The van der Waals surface area contributed by atoms with Crippen molar-refractivity contribution in [3.8, 4) is 0 Å². The van der Waals surface area contributed by atoms with Crippen molar-refractivity contribution in [3.05, 3.63) is 29.8 Å². The van der Waals surface area contributed by atoms with E-state index in [1.807, 2.05) is 0 Å². The van der Waals surface area contributed by atoms with E-state index >= 15 is 0 Å². The lowest BCUT2D eigenvalue weighted by molar-refractivity contribution is -0.137. The fourth-order valence-corrected chi connectivity index (χ4v) is 5.06. The highest BCUT2D eigenvalue weighted by Gasteiger charge is 2.34. The zero-order valence-corrected chi connectivity index (χ0v) is 19.0. The van der Waals surface area contributed by atoms with Crippen LogP contribution in [0, 0.1) is 0 Å². The summed E-state index contributed by atoms with van der Waals surface area (Å²) in [6.45, 7) is 2.88. The molecule has 0 heterocycles. The van der Waals surface area contributed by atoms with Gasteiger partial charge in [0.1, 0.15) is 0 Å². The van der Waals surface area contributed by atoms with E-state index in [9.17, 15) is 21.6 Å². The van der Waals surface area contributed by atoms with Gasteiger partial charge in [-0.3, -0.25) is 0 Å². The van der Waals surface area contributed by atoms with E-state index in [0.717, 1.165) is 49.9 Å². The molecule has 0 bridgehead atoms. The smallest absolute Gasteiger partial charge is 0.378 e. The number of nitrogens with zero attached hydrogens (tertiary/aromatic N) is 2. The lowest BCUT2D eigenvalue weighted by Crippen LogP contribution is -2.40. The molecule has 0 aromatic heterocycles. The maximum absolute atomic E-state index is 12.8. The Morgan fingerprint density at radius 3 is 2.13 bits per heavy atom. The molecule has 30 heavy (non-hydrogen) atoms. The number of hydrogen-bond acceptors (Lipinski definition) is 4. The van der Waals surface area contributed by atoms with Gasteiger partial charge in [0, 0.05) is 25.7 Å². The van der Waals surface area contributed by atoms with Crippen molar-refractivity contribution in [1.29, 1.82) is 0 Å². The zero-order valence-electron chi connectivity index (χ0n) is 18.2. The molecule has 0 N–H and O–H groups in total. The van der Waals surface area contributed by atoms with Crippen molar-refractivity contribution in [3.63, 3.8) is 0 Å². The molecule has 9 heteroatoms. The van der Waals surface area contributed by atoms with Crippen LogP contribution in [0.25, 0.3) is 0 Å². The Hall–Kier alpha value is -1.16. The highest BCUT2D eigenvalue weighted by molar-refractivity contribution is 7.89. The maximum atomic E-state index is 12.8. The second-order valence-electron chi connectivity index (χ2n) is 8.30. The number of hydrogen-bond donors (Lipinski definition) is 0. The first-order valence-corrected chi connectivity index (χ1v) is 11.8. The van der Waals surface area contributed by atoms with Crippen molar-refractivity contribution in [2.24, 2.45) is 0 Å². The highest BCUT2D eigenvalue weighted by atomic mass is 32.2. The standard InChI is InChI=1S/C21H33F3N2O3S/c1-16(25(2)3)6-5-15-29-19-11-9-18(10-12-19)26(4)30(27,28)20-13-7-17(8-14-20)21(22,23)24/h7-8,13-14,16,18-19H,5-6,9-12,15H2,1-4H3. The first kappa shape index (κ1) is 25.1. The van der Waals surface area contributed by atoms with Crippen LogP contribution in [0.4, 0.5) is 13.2 Å². The van der Waals surface area contributed by atoms with Crippen LogP contribution in [0.3, 0.4) is 0 Å². The minimum Gasteiger partial charge on any atom is -0.378 e. The lowest BCUT2D eigenvalue weighted by atomic mass is 9.93. The summed E-state index contributed by atoms with van der Waals surface area (Å²) in [5, 5.41) is 0. The SMILES string of the molecule is CC(CCCOC1CCC(N(C)S(=O)(=O)c2ccc(C(F)(F)F)cc2)CC1)N(C)C. The Morgan fingerprint density at radius 2 is 1.63 bits per heavy atom. The van der Waals surface area contributed by atoms with Crippen molar-refractivity contribution in [1.82, 2.24) is 9.21 Å². The van der Waals surface area contributed by atoms with Gasteiger partial charge in [-0.25, -0.2) is 8.42 Å². The van der Waals surface area contributed by atoms with E-state index in [-0.39, 0.29) is 17.0 Å². The molecular weight excluding hydrogens is 417 g/mol. The van der Waals surface area contributed by atoms with Gasteiger partial charge in [-0.2, -0.15) is 17.5 Å². The minimum atomic E-state index is -4.49. The van der Waals surface area contributed by atoms with Gasteiger partial charge in [0.15, 0.2) is 0 Å². The van der Waals surface area contributed by atoms with Crippen LogP contribution in [0.15, 0.2) is 29.2 Å². The first-order valence-electron chi connectivity index (χ1n) is 10.4. The third-order valence-corrected chi connectivity index (χ3v) is 7.94. The summed E-state index contributed by atoms with van der Waals surface area (Å²) in [6, 6.07) is 4.00. The summed E-state index contributed by atoms with van der Waals surface area (Å²) >= 11 is 0. The van der Waals surface area contributed by atoms with Crippen LogP contribution in [0.2, 0.25) is 0 Å². The Labute approximate surface area is 178 Å². The quantitative estimate of drug-likeness (QED) is 0.524. The van der Waals surface area contributed by atoms with E-state index in [2.05, 4.69) is 25.9 Å². The topological polar surface area (TPSA) is 49.9 Å². The maximum Gasteiger partial charge on any atom is 0.416 e. The second kappa shape index (κ2) is 10.4. The molecule has 1 aliphatic rings. The van der Waals surface area contributed by atoms with Gasteiger partial charge in [0.05, 0.1) is 16.6 Å². The molecule has 1 saturated carbocycles. The van der Waals surface area contributed by atoms with Gasteiger partial charge in [0.25, 0.3) is 0 Å². The molecule has 1 aliphatic carbocycles. The van der Waals surface area contributed by atoms with Crippen LogP contribution >= 0.6 is 0 Å². The fourth-order valence-electron chi connectivity index (χ4n) is 3.64.